The van der Waals surface area contributed by atoms with Gasteiger partial charge in [-0.1, -0.05) is 0 Å². The number of rotatable bonds is 0. The van der Waals surface area contributed by atoms with Crippen LogP contribution in [-0.2, 0) is 26.9 Å². The van der Waals surface area contributed by atoms with Crippen LogP contribution in [0.15, 0.2) is 0 Å². The van der Waals surface area contributed by atoms with E-state index in [2.05, 4.69) is 0 Å². The molecule has 0 saturated heterocycles. The molecule has 0 aliphatic heterocycles. The molecule has 0 amide bonds. The Kier molecular flexibility index (Phi) is 10.3. The average molecular weight is 166 g/mol. The summed E-state index contributed by atoms with van der Waals surface area (Å²) < 4.78 is 34.1. The van der Waals surface area contributed by atoms with Crippen LogP contribution in [0, 0.1) is 0 Å². The average Bonchev–Trinajstić information content (AvgIpc) is 0.722. The maximum Gasteiger partial charge on any atom is 3.00 e. The van der Waals surface area contributed by atoms with Crippen molar-refractivity contribution in [3.05, 3.63) is 0 Å². The molecule has 0 radical (unpaired) electrons. The molecule has 0 saturated carbocycles. The molecule has 7 heavy (non-hydrogen) atoms. The summed E-state index contributed by atoms with van der Waals surface area (Å²) >= 11 is 0. The Balaban J connectivity index is -0.0000000800. The maximum absolute atomic E-state index is 8.52. The summed E-state index contributed by atoms with van der Waals surface area (Å²) in [4.78, 5) is 0. The first-order valence-corrected chi connectivity index (χ1v) is 2.00. The van der Waals surface area contributed by atoms with Gasteiger partial charge in [-0.3, -0.25) is 8.42 Å². The third-order valence-corrected chi connectivity index (χ3v) is 0. The molecule has 0 aliphatic rings. The van der Waals surface area contributed by atoms with Gasteiger partial charge in [0.15, 0.2) is 0 Å². The normalized spacial score (nSPS) is 8.29. The van der Waals surface area contributed by atoms with Crippen molar-refractivity contribution in [1.82, 2.24) is 0 Å². The van der Waals surface area contributed by atoms with Gasteiger partial charge in [-0.15, -0.1) is 0 Å². The zero-order chi connectivity index (χ0) is 4.50. The molecule has 40 valence electrons. The van der Waals surface area contributed by atoms with Crippen LogP contribution in [0.3, 0.4) is 0 Å². The molecular weight excluding hydrogens is 166 g/mol. The quantitative estimate of drug-likeness (QED) is 0.243. The van der Waals surface area contributed by atoms with Crippen LogP contribution in [-0.4, -0.2) is 25.9 Å². The number of hydrogen-bond acceptors (Lipinski definition) is 4. The first-order chi connectivity index (χ1) is 2.00. The van der Waals surface area contributed by atoms with Crippen molar-refractivity contribution in [1.29, 1.82) is 0 Å². The van der Waals surface area contributed by atoms with Gasteiger partial charge in [-0.05, 0) is 0 Å². The standard InChI is InChI=1S/B.Ni.H2O4S/c;;1-5(2,3)4/h;;(H2,1,2,3,4)/q+3;+2;/p-2. The van der Waals surface area contributed by atoms with E-state index in [-0.39, 0.29) is 24.9 Å². The minimum absolute atomic E-state index is 0. The second-order valence-electron chi connectivity index (χ2n) is 0.408. The molecule has 0 aliphatic carbocycles. The van der Waals surface area contributed by atoms with E-state index in [0.717, 1.165) is 0 Å². The van der Waals surface area contributed by atoms with Crippen LogP contribution >= 0.6 is 0 Å². The van der Waals surface area contributed by atoms with Gasteiger partial charge in [0.05, 0.1) is 0 Å². The van der Waals surface area contributed by atoms with E-state index in [1.807, 2.05) is 0 Å². The third-order valence-electron chi connectivity index (χ3n) is 0. The van der Waals surface area contributed by atoms with E-state index in [1.165, 1.54) is 0 Å². The van der Waals surface area contributed by atoms with Crippen molar-refractivity contribution in [2.45, 2.75) is 0 Å². The van der Waals surface area contributed by atoms with Crippen molar-refractivity contribution < 1.29 is 34.0 Å². The molecule has 0 N–H and O–H groups in total. The van der Waals surface area contributed by atoms with E-state index < -0.39 is 10.4 Å². The van der Waals surface area contributed by atoms with Crippen LogP contribution in [0.4, 0.5) is 0 Å². The Labute approximate surface area is 53.4 Å². The third kappa shape index (κ3) is 687. The van der Waals surface area contributed by atoms with Gasteiger partial charge < -0.3 is 9.11 Å². The molecule has 0 aromatic carbocycles. The summed E-state index contributed by atoms with van der Waals surface area (Å²) in [5.74, 6) is 0. The minimum atomic E-state index is -5.17. The fourth-order valence-corrected chi connectivity index (χ4v) is 0. The fourth-order valence-electron chi connectivity index (χ4n) is 0. The molecule has 0 heterocycles. The zero-order valence-corrected chi connectivity index (χ0v) is 4.74. The first-order valence-electron chi connectivity index (χ1n) is 0.667. The molecule has 0 unspecified atom stereocenters. The summed E-state index contributed by atoms with van der Waals surface area (Å²) in [7, 11) is -5.17. The second kappa shape index (κ2) is 4.58. The largest absolute Gasteiger partial charge is 3.00 e. The van der Waals surface area contributed by atoms with Gasteiger partial charge in [0.2, 0.25) is 0 Å². The number of hydrogen-bond donors (Lipinski definition) is 0. The Morgan fingerprint density at radius 1 is 1.14 bits per heavy atom. The van der Waals surface area contributed by atoms with E-state index in [9.17, 15) is 0 Å². The fraction of sp³-hybridized carbons (Fsp3) is 0. The minimum Gasteiger partial charge on any atom is -0.759 e. The Morgan fingerprint density at radius 3 is 1.14 bits per heavy atom. The predicted molar refractivity (Wildman–Crippen MR) is 16.2 cm³/mol. The van der Waals surface area contributed by atoms with Crippen molar-refractivity contribution in [2.24, 2.45) is 0 Å². The van der Waals surface area contributed by atoms with Gasteiger partial charge >= 0.3 is 24.9 Å². The smallest absolute Gasteiger partial charge is 0.759 e. The van der Waals surface area contributed by atoms with Crippen molar-refractivity contribution >= 4 is 18.8 Å². The van der Waals surface area contributed by atoms with Gasteiger partial charge in [-0.2, -0.15) is 0 Å². The monoisotopic (exact) mass is 165 g/mol. The van der Waals surface area contributed by atoms with E-state index in [4.69, 9.17) is 17.5 Å². The molecule has 0 spiro atoms. The molecule has 0 bridgehead atoms. The molecular formula is BNiO4S+3. The molecule has 0 aromatic rings. The Bertz CT molecular complexity index is 94.9. The molecule has 7 heteroatoms. The summed E-state index contributed by atoms with van der Waals surface area (Å²) in [6, 6.07) is 0. The molecule has 4 nitrogen and oxygen atoms in total. The van der Waals surface area contributed by atoms with Crippen LogP contribution in [0.25, 0.3) is 0 Å². The van der Waals surface area contributed by atoms with E-state index >= 15 is 0 Å². The topological polar surface area (TPSA) is 80.3 Å². The van der Waals surface area contributed by atoms with Crippen molar-refractivity contribution in [2.75, 3.05) is 0 Å². The first kappa shape index (κ1) is 15.7. The summed E-state index contributed by atoms with van der Waals surface area (Å²) in [5, 5.41) is 0. The molecule has 0 rings (SSSR count). The van der Waals surface area contributed by atoms with Crippen LogP contribution in [0.5, 0.6) is 0 Å². The van der Waals surface area contributed by atoms with E-state index in [0.29, 0.717) is 0 Å². The van der Waals surface area contributed by atoms with Gasteiger partial charge in [-0.25, -0.2) is 0 Å². The SMILES string of the molecule is O=S(=O)([O-])[O-].[B+3].[Ni+2]. The Hall–Kier alpha value is 0.428. The summed E-state index contributed by atoms with van der Waals surface area (Å²) in [5.41, 5.74) is 0. The van der Waals surface area contributed by atoms with Gasteiger partial charge in [0, 0.05) is 10.4 Å². The van der Waals surface area contributed by atoms with Crippen LogP contribution in [0.1, 0.15) is 0 Å². The van der Waals surface area contributed by atoms with Gasteiger partial charge in [0.25, 0.3) is 0 Å². The zero-order valence-electron chi connectivity index (χ0n) is 2.93. The van der Waals surface area contributed by atoms with Crippen LogP contribution < -0.4 is 0 Å². The molecule has 0 atom stereocenters. The summed E-state index contributed by atoms with van der Waals surface area (Å²) in [6.07, 6.45) is 0. The summed E-state index contributed by atoms with van der Waals surface area (Å²) in [6.45, 7) is 0. The van der Waals surface area contributed by atoms with Gasteiger partial charge in [0.1, 0.15) is 0 Å². The molecule has 0 fully saturated rings. The second-order valence-corrected chi connectivity index (χ2v) is 1.22. The Morgan fingerprint density at radius 2 is 1.14 bits per heavy atom. The maximum atomic E-state index is 8.52. The van der Waals surface area contributed by atoms with E-state index in [1.54, 1.807) is 0 Å². The van der Waals surface area contributed by atoms with Crippen molar-refractivity contribution in [3.8, 4) is 0 Å². The van der Waals surface area contributed by atoms with Crippen LogP contribution in [0.2, 0.25) is 0 Å². The van der Waals surface area contributed by atoms with Crippen molar-refractivity contribution in [3.63, 3.8) is 0 Å². The predicted octanol–water partition coefficient (Wildman–Crippen LogP) is -1.72. The molecule has 0 aromatic heterocycles.